The Labute approximate surface area is 802 Å². The summed E-state index contributed by atoms with van der Waals surface area (Å²) in [7, 11) is 0. The first-order valence-corrected chi connectivity index (χ1v) is 48.0. The Balaban J connectivity index is 0.000000139. The fourth-order valence-corrected chi connectivity index (χ4v) is 23.8. The molecule has 0 radical (unpaired) electrons. The summed E-state index contributed by atoms with van der Waals surface area (Å²) in [5, 5.41) is 7.42. The number of benzene rings is 22. The molecule has 0 amide bonds. The van der Waals surface area contributed by atoms with E-state index >= 15 is 0 Å². The Morgan fingerprint density at radius 1 is 0.145 bits per heavy atom. The first-order valence-electron chi connectivity index (χ1n) is 48.0. The molecule has 3 aliphatic carbocycles. The fourth-order valence-electron chi connectivity index (χ4n) is 23.8. The molecule has 644 valence electrons. The molecule has 0 saturated carbocycles. The van der Waals surface area contributed by atoms with Crippen molar-refractivity contribution in [2.75, 3.05) is 0 Å². The topological polar surface area (TPSA) is 14.8 Å². The van der Waals surface area contributed by atoms with Crippen LogP contribution in [0, 0.1) is 0 Å². The first kappa shape index (κ1) is 79.9. The van der Waals surface area contributed by atoms with Gasteiger partial charge in [-0.05, 0) is 271 Å². The van der Waals surface area contributed by atoms with Gasteiger partial charge in [-0.15, -0.1) is 0 Å². The van der Waals surface area contributed by atoms with Gasteiger partial charge in [-0.2, -0.15) is 0 Å². The maximum absolute atomic E-state index is 2.54. The van der Waals surface area contributed by atoms with Crippen molar-refractivity contribution in [1.29, 1.82) is 0 Å². The molecule has 25 aromatic rings. The van der Waals surface area contributed by atoms with E-state index < -0.39 is 10.8 Å². The molecule has 0 aliphatic heterocycles. The second kappa shape index (κ2) is 32.6. The van der Waals surface area contributed by atoms with Gasteiger partial charge < -0.3 is 13.7 Å². The van der Waals surface area contributed by atoms with Gasteiger partial charge in [0, 0.05) is 55.3 Å². The molecule has 1 atom stereocenters. The lowest BCUT2D eigenvalue weighted by atomic mass is 9.67. The Kier molecular flexibility index (Phi) is 18.9. The average Bonchev–Trinajstić information content (AvgIpc) is 1.52. The summed E-state index contributed by atoms with van der Waals surface area (Å²) in [6, 6.07) is 198. The summed E-state index contributed by atoms with van der Waals surface area (Å²) in [5.41, 5.74) is 46.2. The highest BCUT2D eigenvalue weighted by atomic mass is 15.0. The van der Waals surface area contributed by atoms with Crippen molar-refractivity contribution in [3.8, 4) is 117 Å². The lowest BCUT2D eigenvalue weighted by molar-refractivity contribution is 0.769. The number of fused-ring (bicyclic) bond motifs is 18. The van der Waals surface area contributed by atoms with E-state index in [1.54, 1.807) is 0 Å². The summed E-state index contributed by atoms with van der Waals surface area (Å²) in [4.78, 5) is 0. The average molecular weight is 1750 g/mol. The van der Waals surface area contributed by atoms with E-state index in [-0.39, 0.29) is 5.92 Å². The van der Waals surface area contributed by atoms with Gasteiger partial charge in [-0.3, -0.25) is 0 Å². The SMILES string of the molecule is c1ccc(-c2ccc(-n3c4ccc(-c5ccc6c(c5)-c5ccccc5C6c5cccc(-c6ccccc6)c5)cc4c4cc5c(cc43)-c3ccccc3C5(c3ccccc3)c3ccccc3)cc2)cc1.c1ccc(-c2ccc(-n3c4ccc(-c5ccc6c(c5)c5ccccc5n6-c5cccc(-c6ccccc6)c5)cc4c4cc5c(cc43)C(c3ccccc3)(c3ccccc3)c3ccccc3-5)cc2)cc1. The van der Waals surface area contributed by atoms with Crippen molar-refractivity contribution in [1.82, 2.24) is 13.7 Å². The van der Waals surface area contributed by atoms with Crippen LogP contribution in [0.25, 0.3) is 183 Å². The normalized spacial score (nSPS) is 13.4. The summed E-state index contributed by atoms with van der Waals surface area (Å²) >= 11 is 0. The van der Waals surface area contributed by atoms with E-state index in [0.29, 0.717) is 0 Å². The molecule has 0 spiro atoms. The molecule has 3 aliphatic rings. The van der Waals surface area contributed by atoms with Crippen LogP contribution >= 0.6 is 0 Å². The predicted octanol–water partition coefficient (Wildman–Crippen LogP) is 34.6. The van der Waals surface area contributed by atoms with Gasteiger partial charge in [-0.25, -0.2) is 0 Å². The van der Waals surface area contributed by atoms with Gasteiger partial charge >= 0.3 is 0 Å². The Hall–Kier alpha value is -17.8. The third-order valence-electron chi connectivity index (χ3n) is 30.0. The molecule has 28 rings (SSSR count). The van der Waals surface area contributed by atoms with Crippen molar-refractivity contribution in [2.45, 2.75) is 16.7 Å². The second-order valence-corrected chi connectivity index (χ2v) is 37.2. The van der Waals surface area contributed by atoms with Gasteiger partial charge in [0.25, 0.3) is 0 Å². The minimum atomic E-state index is -0.510. The molecule has 0 bridgehead atoms. The van der Waals surface area contributed by atoms with Crippen LogP contribution < -0.4 is 0 Å². The molecule has 0 fully saturated rings. The molecule has 3 heteroatoms. The van der Waals surface area contributed by atoms with Crippen molar-refractivity contribution >= 4 is 65.4 Å². The third-order valence-corrected chi connectivity index (χ3v) is 30.0. The molecular weight excluding hydrogens is 1660 g/mol. The molecule has 0 saturated heterocycles. The van der Waals surface area contributed by atoms with Crippen molar-refractivity contribution < 1.29 is 0 Å². The summed E-state index contributed by atoms with van der Waals surface area (Å²) < 4.78 is 7.40. The molecule has 3 nitrogen and oxygen atoms in total. The zero-order valence-electron chi connectivity index (χ0n) is 75.7. The molecule has 3 heterocycles. The highest BCUT2D eigenvalue weighted by molar-refractivity contribution is 6.16. The smallest absolute Gasteiger partial charge is 0.0714 e. The quantitative estimate of drug-likeness (QED) is 0.103. The molecule has 3 aromatic heterocycles. The molecule has 22 aromatic carbocycles. The van der Waals surface area contributed by atoms with Gasteiger partial charge in [0.05, 0.1) is 43.9 Å². The maximum Gasteiger partial charge on any atom is 0.0714 e. The van der Waals surface area contributed by atoms with E-state index in [9.17, 15) is 0 Å². The van der Waals surface area contributed by atoms with Gasteiger partial charge in [0.1, 0.15) is 0 Å². The zero-order valence-corrected chi connectivity index (χ0v) is 75.7. The van der Waals surface area contributed by atoms with Crippen LogP contribution in [-0.4, -0.2) is 13.7 Å². The minimum Gasteiger partial charge on any atom is -0.309 e. The van der Waals surface area contributed by atoms with Gasteiger partial charge in [0.2, 0.25) is 0 Å². The van der Waals surface area contributed by atoms with Crippen molar-refractivity contribution in [2.24, 2.45) is 0 Å². The van der Waals surface area contributed by atoms with E-state index in [4.69, 9.17) is 0 Å². The number of hydrogen-bond acceptors (Lipinski definition) is 0. The van der Waals surface area contributed by atoms with Crippen LogP contribution in [0.4, 0.5) is 0 Å². The Morgan fingerprint density at radius 3 is 0.964 bits per heavy atom. The molecular formula is C135H89N3. The van der Waals surface area contributed by atoms with E-state index in [0.717, 1.165) is 17.1 Å². The van der Waals surface area contributed by atoms with Crippen LogP contribution in [0.3, 0.4) is 0 Å². The zero-order chi connectivity index (χ0) is 90.9. The lowest BCUT2D eigenvalue weighted by Crippen LogP contribution is -2.28. The molecule has 0 N–H and O–H groups in total. The standard InChI is InChI=1S/C68H45N.C67H44N2/c1-5-18-45(19-6-1)47-32-36-54(37-33-47)69-65-39-35-50(49-34-38-58-59(41-49)55-28-13-14-30-57(55)67(58)51-23-17-22-48(40-51)46-20-7-2-8-21-46)42-61(65)62-43-64-60(44-66(62)69)56-29-15-16-31-63(56)68(64,52-24-9-3-10-25-52)53-26-11-4-12-27-53;1-5-18-45(19-6-1)47-32-36-53(37-33-47)68-65-39-35-50(49-34-38-64-58(41-49)56-29-14-16-31-63(56)69(64)54-27-17-22-48(40-54)46-20-7-2-8-21-46)42-59(65)60-43-57-55-28-13-15-30-61(55)67(62(57)44-66(60)68,51-23-9-3-10-24-51)52-25-11-4-12-26-52/h1-44,67H;1-44H. The fraction of sp³-hybridized carbons (Fsp3) is 0.0222. The van der Waals surface area contributed by atoms with E-state index in [1.807, 2.05) is 0 Å². The predicted molar refractivity (Wildman–Crippen MR) is 576 cm³/mol. The molecule has 1 unspecified atom stereocenters. The minimum absolute atomic E-state index is 0.156. The highest BCUT2D eigenvalue weighted by Gasteiger charge is 2.49. The van der Waals surface area contributed by atoms with Crippen LogP contribution in [0.1, 0.15) is 67.1 Å². The third kappa shape index (κ3) is 12.7. The second-order valence-electron chi connectivity index (χ2n) is 37.2. The van der Waals surface area contributed by atoms with Crippen LogP contribution in [-0.2, 0) is 10.8 Å². The van der Waals surface area contributed by atoms with Crippen molar-refractivity contribution in [3.05, 3.63) is 595 Å². The highest BCUT2D eigenvalue weighted by Crippen LogP contribution is 2.61. The van der Waals surface area contributed by atoms with Crippen molar-refractivity contribution in [3.63, 3.8) is 0 Å². The summed E-state index contributed by atoms with van der Waals surface area (Å²) in [6.45, 7) is 0. The van der Waals surface area contributed by atoms with Gasteiger partial charge in [0.15, 0.2) is 0 Å². The lowest BCUT2D eigenvalue weighted by Gasteiger charge is -2.34. The maximum atomic E-state index is 2.54. The Morgan fingerprint density at radius 2 is 0.464 bits per heavy atom. The Bertz CT molecular complexity index is 8990. The first-order chi connectivity index (χ1) is 68.4. The van der Waals surface area contributed by atoms with Crippen LogP contribution in [0.2, 0.25) is 0 Å². The number of rotatable bonds is 14. The number of para-hydroxylation sites is 1. The van der Waals surface area contributed by atoms with Gasteiger partial charge in [-0.1, -0.05) is 425 Å². The van der Waals surface area contributed by atoms with E-state index in [2.05, 4.69) is 548 Å². The number of hydrogen-bond donors (Lipinski definition) is 0. The largest absolute Gasteiger partial charge is 0.309 e. The number of aromatic nitrogens is 3. The van der Waals surface area contributed by atoms with E-state index in [1.165, 1.54) is 227 Å². The monoisotopic (exact) mass is 1750 g/mol. The summed E-state index contributed by atoms with van der Waals surface area (Å²) in [6.07, 6.45) is 0. The van der Waals surface area contributed by atoms with Crippen LogP contribution in [0.5, 0.6) is 0 Å². The molecule has 138 heavy (non-hydrogen) atoms. The summed E-state index contributed by atoms with van der Waals surface area (Å²) in [5.74, 6) is 0.156. The number of nitrogens with zero attached hydrogens (tertiary/aromatic N) is 3. The van der Waals surface area contributed by atoms with Crippen LogP contribution in [0.15, 0.2) is 534 Å².